The predicted octanol–water partition coefficient (Wildman–Crippen LogP) is 2.45. The Bertz CT molecular complexity index is 792. The molecule has 0 saturated carbocycles. The number of rotatable bonds is 5. The van der Waals surface area contributed by atoms with Gasteiger partial charge in [0.2, 0.25) is 5.91 Å². The van der Waals surface area contributed by atoms with Gasteiger partial charge in [0.05, 0.1) is 6.04 Å². The number of nitrogens with one attached hydrogen (secondary N) is 2. The maximum atomic E-state index is 12.4. The molecule has 2 aromatic carbocycles. The van der Waals surface area contributed by atoms with Crippen molar-refractivity contribution >= 4 is 11.8 Å². The number of carbonyl (C=O) groups is 2. The molecule has 2 aromatic rings. The maximum absolute atomic E-state index is 12.4. The van der Waals surface area contributed by atoms with Crippen LogP contribution in [0.4, 0.5) is 0 Å². The molecule has 2 N–H and O–H groups in total. The fourth-order valence-electron chi connectivity index (χ4n) is 2.69. The van der Waals surface area contributed by atoms with Crippen molar-refractivity contribution in [2.24, 2.45) is 0 Å². The topological polar surface area (TPSA) is 76.7 Å². The molecule has 6 heteroatoms. The lowest BCUT2D eigenvalue weighted by molar-refractivity contribution is -0.123. The van der Waals surface area contributed by atoms with Crippen molar-refractivity contribution in [2.75, 3.05) is 13.2 Å². The maximum Gasteiger partial charge on any atom is 0.251 e. The van der Waals surface area contributed by atoms with E-state index in [9.17, 15) is 9.59 Å². The molecule has 1 aliphatic heterocycles. The number of hydrogen-bond acceptors (Lipinski definition) is 4. The first kappa shape index (κ1) is 17.8. The van der Waals surface area contributed by atoms with Gasteiger partial charge in [-0.3, -0.25) is 9.59 Å². The van der Waals surface area contributed by atoms with Crippen LogP contribution in [0.15, 0.2) is 48.5 Å². The van der Waals surface area contributed by atoms with E-state index in [2.05, 4.69) is 10.6 Å². The minimum absolute atomic E-state index is 0.227. The van der Waals surface area contributed by atoms with Crippen LogP contribution >= 0.6 is 0 Å². The fourth-order valence-corrected chi connectivity index (χ4v) is 2.69. The van der Waals surface area contributed by atoms with Crippen molar-refractivity contribution in [3.63, 3.8) is 0 Å². The lowest BCUT2D eigenvalue weighted by atomic mass is 10.1. The minimum Gasteiger partial charge on any atom is -0.486 e. The highest BCUT2D eigenvalue weighted by Gasteiger charge is 2.20. The molecular weight excluding hydrogens is 332 g/mol. The zero-order valence-corrected chi connectivity index (χ0v) is 14.8. The second-order valence-electron chi connectivity index (χ2n) is 6.19. The van der Waals surface area contributed by atoms with E-state index in [-0.39, 0.29) is 17.9 Å². The van der Waals surface area contributed by atoms with Crippen LogP contribution in [-0.2, 0) is 4.79 Å². The molecule has 2 atom stereocenters. The van der Waals surface area contributed by atoms with E-state index in [0.29, 0.717) is 30.3 Å². The molecule has 0 aromatic heterocycles. The molecule has 2 unspecified atom stereocenters. The molecule has 6 nitrogen and oxygen atoms in total. The number of fused-ring (bicyclic) bond motifs is 1. The van der Waals surface area contributed by atoms with Gasteiger partial charge in [-0.25, -0.2) is 0 Å². The normalized spacial score (nSPS) is 14.8. The summed E-state index contributed by atoms with van der Waals surface area (Å²) < 4.78 is 11.1. The van der Waals surface area contributed by atoms with Crippen molar-refractivity contribution in [1.82, 2.24) is 10.6 Å². The van der Waals surface area contributed by atoms with E-state index in [0.717, 1.165) is 5.56 Å². The molecule has 0 spiro atoms. The molecule has 136 valence electrons. The molecule has 2 amide bonds. The molecular formula is C20H22N2O4. The third-order valence-electron chi connectivity index (χ3n) is 4.20. The summed E-state index contributed by atoms with van der Waals surface area (Å²) in [5.74, 6) is 0.860. The van der Waals surface area contributed by atoms with Crippen molar-refractivity contribution in [1.29, 1.82) is 0 Å². The van der Waals surface area contributed by atoms with E-state index >= 15 is 0 Å². The van der Waals surface area contributed by atoms with Gasteiger partial charge in [0.25, 0.3) is 5.91 Å². The first-order valence-electron chi connectivity index (χ1n) is 8.60. The van der Waals surface area contributed by atoms with Crippen LogP contribution < -0.4 is 20.1 Å². The van der Waals surface area contributed by atoms with E-state index in [4.69, 9.17) is 9.47 Å². The number of benzene rings is 2. The van der Waals surface area contributed by atoms with Crippen molar-refractivity contribution in [3.05, 3.63) is 59.7 Å². The molecule has 0 saturated heterocycles. The Balaban J connectivity index is 1.59. The molecule has 26 heavy (non-hydrogen) atoms. The van der Waals surface area contributed by atoms with E-state index in [1.54, 1.807) is 31.2 Å². The summed E-state index contributed by atoms with van der Waals surface area (Å²) in [7, 11) is 0. The monoisotopic (exact) mass is 354 g/mol. The lowest BCUT2D eigenvalue weighted by Gasteiger charge is -2.22. The zero-order chi connectivity index (χ0) is 18.5. The van der Waals surface area contributed by atoms with Gasteiger partial charge < -0.3 is 20.1 Å². The fraction of sp³-hybridized carbons (Fsp3) is 0.300. The van der Waals surface area contributed by atoms with Gasteiger partial charge in [0.15, 0.2) is 11.5 Å². The summed E-state index contributed by atoms with van der Waals surface area (Å²) in [6.45, 7) is 4.60. The summed E-state index contributed by atoms with van der Waals surface area (Å²) in [6.07, 6.45) is 0. The highest BCUT2D eigenvalue weighted by Crippen LogP contribution is 2.32. The quantitative estimate of drug-likeness (QED) is 0.865. The van der Waals surface area contributed by atoms with Crippen molar-refractivity contribution < 1.29 is 19.1 Å². The molecule has 0 radical (unpaired) electrons. The number of ether oxygens (including phenoxy) is 2. The zero-order valence-electron chi connectivity index (χ0n) is 14.8. The SMILES string of the molecule is CC(NC(=O)c1ccccc1)C(=O)NC(C)c1ccc2c(c1)OCCO2. The second kappa shape index (κ2) is 7.91. The highest BCUT2D eigenvalue weighted by molar-refractivity contribution is 5.97. The first-order chi connectivity index (χ1) is 12.5. The van der Waals surface area contributed by atoms with Crippen molar-refractivity contribution in [3.8, 4) is 11.5 Å². The average Bonchev–Trinajstić information content (AvgIpc) is 2.68. The lowest BCUT2D eigenvalue weighted by Crippen LogP contribution is -2.45. The third kappa shape index (κ3) is 4.14. The van der Waals surface area contributed by atoms with Gasteiger partial charge >= 0.3 is 0 Å². The van der Waals surface area contributed by atoms with Gasteiger partial charge in [0.1, 0.15) is 19.3 Å². The summed E-state index contributed by atoms with van der Waals surface area (Å²) in [4.78, 5) is 24.6. The average molecular weight is 354 g/mol. The van der Waals surface area contributed by atoms with Crippen LogP contribution in [-0.4, -0.2) is 31.1 Å². The van der Waals surface area contributed by atoms with Crippen LogP contribution in [0.2, 0.25) is 0 Å². The summed E-state index contributed by atoms with van der Waals surface area (Å²) in [6, 6.07) is 13.5. The Morgan fingerprint density at radius 3 is 2.35 bits per heavy atom. The highest BCUT2D eigenvalue weighted by atomic mass is 16.6. The van der Waals surface area contributed by atoms with E-state index in [1.807, 2.05) is 31.2 Å². The summed E-state index contributed by atoms with van der Waals surface area (Å²) in [5.41, 5.74) is 1.43. The third-order valence-corrected chi connectivity index (χ3v) is 4.20. The van der Waals surface area contributed by atoms with Crippen LogP contribution in [0.3, 0.4) is 0 Å². The van der Waals surface area contributed by atoms with Crippen LogP contribution in [0.5, 0.6) is 11.5 Å². The minimum atomic E-state index is -0.651. The van der Waals surface area contributed by atoms with Gasteiger partial charge in [-0.05, 0) is 43.7 Å². The molecule has 0 bridgehead atoms. The molecule has 1 heterocycles. The molecule has 1 aliphatic rings. The van der Waals surface area contributed by atoms with Gasteiger partial charge in [-0.2, -0.15) is 0 Å². The number of amides is 2. The number of carbonyl (C=O) groups excluding carboxylic acids is 2. The van der Waals surface area contributed by atoms with Crippen LogP contribution in [0.25, 0.3) is 0 Å². The van der Waals surface area contributed by atoms with Crippen molar-refractivity contribution in [2.45, 2.75) is 25.9 Å². The Morgan fingerprint density at radius 1 is 0.923 bits per heavy atom. The Kier molecular flexibility index (Phi) is 5.41. The predicted molar refractivity (Wildman–Crippen MR) is 97.4 cm³/mol. The molecule has 3 rings (SSSR count). The Morgan fingerprint density at radius 2 is 1.62 bits per heavy atom. The van der Waals surface area contributed by atoms with Crippen LogP contribution in [0, 0.1) is 0 Å². The van der Waals surface area contributed by atoms with Gasteiger partial charge in [-0.15, -0.1) is 0 Å². The van der Waals surface area contributed by atoms with E-state index < -0.39 is 6.04 Å². The standard InChI is InChI=1S/C20H22N2O4/c1-13(16-8-9-17-18(12-16)26-11-10-25-17)21-19(23)14(2)22-20(24)15-6-4-3-5-7-15/h3-9,12-14H,10-11H2,1-2H3,(H,21,23)(H,22,24). The second-order valence-corrected chi connectivity index (χ2v) is 6.19. The van der Waals surface area contributed by atoms with E-state index in [1.165, 1.54) is 0 Å². The summed E-state index contributed by atoms with van der Waals surface area (Å²) >= 11 is 0. The molecule has 0 aliphatic carbocycles. The largest absolute Gasteiger partial charge is 0.486 e. The molecule has 0 fully saturated rings. The number of hydrogen-bond donors (Lipinski definition) is 2. The van der Waals surface area contributed by atoms with Crippen LogP contribution in [0.1, 0.15) is 35.8 Å². The summed E-state index contributed by atoms with van der Waals surface area (Å²) in [5, 5.41) is 5.62. The Hall–Kier alpha value is -3.02. The Labute approximate surface area is 152 Å². The van der Waals surface area contributed by atoms with Gasteiger partial charge in [-0.1, -0.05) is 24.3 Å². The smallest absolute Gasteiger partial charge is 0.251 e. The van der Waals surface area contributed by atoms with Gasteiger partial charge in [0, 0.05) is 5.56 Å². The first-order valence-corrected chi connectivity index (χ1v) is 8.60.